The number of methoxy groups -OCH3 is 1. The molecule has 1 aromatic heterocycles. The Hall–Kier alpha value is -3.20. The Morgan fingerprint density at radius 2 is 1.81 bits per heavy atom. The average molecular weight is 542 g/mol. The predicted molar refractivity (Wildman–Crippen MR) is 146 cm³/mol. The van der Waals surface area contributed by atoms with Gasteiger partial charge < -0.3 is 10.1 Å². The predicted octanol–water partition coefficient (Wildman–Crippen LogP) is 6.51. The fraction of sp³-hybridized carbons (Fsp3) is 0.250. The van der Waals surface area contributed by atoms with Gasteiger partial charge in [-0.1, -0.05) is 29.8 Å². The Morgan fingerprint density at radius 1 is 1.08 bits per heavy atom. The molecule has 6 nitrogen and oxygen atoms in total. The van der Waals surface area contributed by atoms with Crippen LogP contribution in [0.1, 0.15) is 25.3 Å². The summed E-state index contributed by atoms with van der Waals surface area (Å²) in [5, 5.41) is 4.93. The highest BCUT2D eigenvalue weighted by Gasteiger charge is 2.25. The smallest absolute Gasteiger partial charge is 0.243 e. The summed E-state index contributed by atoms with van der Waals surface area (Å²) in [6.45, 7) is 2.48. The van der Waals surface area contributed by atoms with E-state index >= 15 is 0 Å². The van der Waals surface area contributed by atoms with Crippen LogP contribution in [0, 0.1) is 5.82 Å². The highest BCUT2D eigenvalue weighted by atomic mass is 35.5. The van der Waals surface area contributed by atoms with E-state index in [1.807, 2.05) is 31.2 Å². The zero-order valence-corrected chi connectivity index (χ0v) is 22.3. The van der Waals surface area contributed by atoms with Gasteiger partial charge in [0, 0.05) is 41.8 Å². The quantitative estimate of drug-likeness (QED) is 0.234. The molecule has 3 aromatic carbocycles. The van der Waals surface area contributed by atoms with Crippen LogP contribution in [0.5, 0.6) is 5.75 Å². The van der Waals surface area contributed by atoms with Crippen LogP contribution >= 0.6 is 11.6 Å². The molecule has 194 valence electrons. The van der Waals surface area contributed by atoms with E-state index in [0.29, 0.717) is 30.0 Å². The topological polar surface area (TPSA) is 71.5 Å². The van der Waals surface area contributed by atoms with Crippen molar-refractivity contribution in [3.63, 3.8) is 0 Å². The van der Waals surface area contributed by atoms with E-state index in [9.17, 15) is 12.8 Å². The lowest BCUT2D eigenvalue weighted by molar-refractivity contribution is 0.391. The van der Waals surface area contributed by atoms with Gasteiger partial charge in [0.25, 0.3) is 0 Å². The van der Waals surface area contributed by atoms with Gasteiger partial charge in [-0.25, -0.2) is 12.8 Å². The van der Waals surface area contributed by atoms with Gasteiger partial charge in [-0.2, -0.15) is 4.31 Å². The standard InChI is InChI=1S/C28H29ClFN3O3S/c1-20(32-27-18-25(36-2)17-22-6-3-15-31-28(22)27)5-4-16-33(19-21-7-11-24(30)12-8-21)37(34,35)26-13-9-23(29)10-14-26/h3,6-15,17-18,20,32H,4-5,16,19H2,1-2H3. The van der Waals surface area contributed by atoms with Crippen molar-refractivity contribution in [2.45, 2.75) is 37.2 Å². The maximum atomic E-state index is 13.5. The molecule has 0 spiro atoms. The Kier molecular flexibility index (Phi) is 8.63. The molecule has 0 fully saturated rings. The minimum absolute atomic E-state index is 0.0446. The number of hydrogen-bond donors (Lipinski definition) is 1. The third-order valence-corrected chi connectivity index (χ3v) is 8.20. The molecule has 4 rings (SSSR count). The molecular formula is C28H29ClFN3O3S. The van der Waals surface area contributed by atoms with Gasteiger partial charge in [-0.05, 0) is 73.9 Å². The average Bonchev–Trinajstić information content (AvgIpc) is 2.89. The second-order valence-corrected chi connectivity index (χ2v) is 11.2. The molecule has 0 radical (unpaired) electrons. The molecule has 0 bridgehead atoms. The molecule has 0 saturated carbocycles. The number of fused-ring (bicyclic) bond motifs is 1. The summed E-state index contributed by atoms with van der Waals surface area (Å²) >= 11 is 5.96. The van der Waals surface area contributed by atoms with Crippen LogP contribution in [-0.4, -0.2) is 37.4 Å². The van der Waals surface area contributed by atoms with Crippen molar-refractivity contribution in [1.82, 2.24) is 9.29 Å². The first kappa shape index (κ1) is 26.9. The van der Waals surface area contributed by atoms with E-state index < -0.39 is 10.0 Å². The van der Waals surface area contributed by atoms with Gasteiger partial charge in [0.15, 0.2) is 0 Å². The van der Waals surface area contributed by atoms with Gasteiger partial charge >= 0.3 is 0 Å². The third-order valence-electron chi connectivity index (χ3n) is 6.08. The molecule has 37 heavy (non-hydrogen) atoms. The molecule has 4 aromatic rings. The Balaban J connectivity index is 1.48. The molecule has 0 saturated heterocycles. The van der Waals surface area contributed by atoms with E-state index in [2.05, 4.69) is 10.3 Å². The first-order chi connectivity index (χ1) is 17.8. The second-order valence-electron chi connectivity index (χ2n) is 8.86. The number of hydrogen-bond acceptors (Lipinski definition) is 5. The Labute approximate surface area is 222 Å². The van der Waals surface area contributed by atoms with Crippen LogP contribution in [0.2, 0.25) is 5.02 Å². The van der Waals surface area contributed by atoms with Crippen molar-refractivity contribution in [3.8, 4) is 5.75 Å². The van der Waals surface area contributed by atoms with Crippen LogP contribution < -0.4 is 10.1 Å². The summed E-state index contributed by atoms with van der Waals surface area (Å²) in [5.41, 5.74) is 2.41. The van der Waals surface area contributed by atoms with E-state index in [4.69, 9.17) is 16.3 Å². The summed E-state index contributed by atoms with van der Waals surface area (Å²) in [7, 11) is -2.16. The first-order valence-corrected chi connectivity index (χ1v) is 13.8. The number of pyridine rings is 1. The molecule has 0 aliphatic carbocycles. The van der Waals surface area contributed by atoms with E-state index in [-0.39, 0.29) is 23.3 Å². The normalized spacial score (nSPS) is 12.6. The van der Waals surface area contributed by atoms with Crippen molar-refractivity contribution < 1.29 is 17.5 Å². The summed E-state index contributed by atoms with van der Waals surface area (Å²) < 4.78 is 47.2. The van der Waals surface area contributed by atoms with Crippen LogP contribution in [-0.2, 0) is 16.6 Å². The monoisotopic (exact) mass is 541 g/mol. The SMILES string of the molecule is COc1cc(NC(C)CCCN(Cc2ccc(F)cc2)S(=O)(=O)c2ccc(Cl)cc2)c2ncccc2c1. The lowest BCUT2D eigenvalue weighted by Crippen LogP contribution is -2.32. The molecule has 0 aliphatic heterocycles. The highest BCUT2D eigenvalue weighted by Crippen LogP contribution is 2.29. The Morgan fingerprint density at radius 3 is 2.51 bits per heavy atom. The zero-order chi connectivity index (χ0) is 26.4. The first-order valence-electron chi connectivity index (χ1n) is 12.0. The van der Waals surface area contributed by atoms with Crippen molar-refractivity contribution in [2.24, 2.45) is 0 Å². The molecular weight excluding hydrogens is 513 g/mol. The molecule has 9 heteroatoms. The van der Waals surface area contributed by atoms with E-state index in [0.717, 1.165) is 22.3 Å². The number of benzene rings is 3. The van der Waals surface area contributed by atoms with Gasteiger partial charge in [-0.15, -0.1) is 0 Å². The maximum absolute atomic E-state index is 13.5. The number of halogens is 2. The molecule has 1 N–H and O–H groups in total. The van der Waals surface area contributed by atoms with Gasteiger partial charge in [-0.3, -0.25) is 4.98 Å². The van der Waals surface area contributed by atoms with Crippen molar-refractivity contribution >= 4 is 38.2 Å². The third kappa shape index (κ3) is 6.77. The molecule has 0 amide bonds. The minimum atomic E-state index is -3.79. The molecule has 1 atom stereocenters. The summed E-state index contributed by atoms with van der Waals surface area (Å²) in [6, 6.07) is 19.7. The second kappa shape index (κ2) is 11.9. The number of ether oxygens (including phenoxy) is 1. The fourth-order valence-electron chi connectivity index (χ4n) is 4.14. The summed E-state index contributed by atoms with van der Waals surface area (Å²) in [6.07, 6.45) is 3.07. The van der Waals surface area contributed by atoms with Gasteiger partial charge in [0.1, 0.15) is 11.6 Å². The van der Waals surface area contributed by atoms with Crippen LogP contribution in [0.15, 0.2) is 83.9 Å². The number of aromatic nitrogens is 1. The zero-order valence-electron chi connectivity index (χ0n) is 20.7. The number of rotatable bonds is 11. The van der Waals surface area contributed by atoms with Crippen LogP contribution in [0.3, 0.4) is 0 Å². The van der Waals surface area contributed by atoms with Crippen LogP contribution in [0.25, 0.3) is 10.9 Å². The van der Waals surface area contributed by atoms with Gasteiger partial charge in [0.05, 0.1) is 23.2 Å². The summed E-state index contributed by atoms with van der Waals surface area (Å²) in [4.78, 5) is 4.67. The van der Waals surface area contributed by atoms with E-state index in [1.165, 1.54) is 28.6 Å². The van der Waals surface area contributed by atoms with E-state index in [1.54, 1.807) is 37.6 Å². The highest BCUT2D eigenvalue weighted by molar-refractivity contribution is 7.89. The minimum Gasteiger partial charge on any atom is -0.497 e. The molecule has 1 heterocycles. The number of nitrogens with one attached hydrogen (secondary N) is 1. The summed E-state index contributed by atoms with van der Waals surface area (Å²) in [5.74, 6) is 0.366. The number of anilines is 1. The fourth-order valence-corrected chi connectivity index (χ4v) is 5.73. The van der Waals surface area contributed by atoms with Crippen molar-refractivity contribution in [1.29, 1.82) is 0 Å². The lowest BCUT2D eigenvalue weighted by atomic mass is 10.1. The Bertz CT molecular complexity index is 1450. The van der Waals surface area contributed by atoms with Crippen molar-refractivity contribution in [3.05, 3.63) is 95.4 Å². The molecule has 0 aliphatic rings. The lowest BCUT2D eigenvalue weighted by Gasteiger charge is -2.24. The van der Waals surface area contributed by atoms with Gasteiger partial charge in [0.2, 0.25) is 10.0 Å². The largest absolute Gasteiger partial charge is 0.497 e. The maximum Gasteiger partial charge on any atom is 0.243 e. The van der Waals surface area contributed by atoms with Crippen molar-refractivity contribution in [2.75, 3.05) is 19.0 Å². The molecule has 1 unspecified atom stereocenters. The number of sulfonamides is 1. The number of nitrogens with zero attached hydrogens (tertiary/aromatic N) is 2. The van der Waals surface area contributed by atoms with Crippen LogP contribution in [0.4, 0.5) is 10.1 Å².